The van der Waals surface area contributed by atoms with Crippen LogP contribution in [0.3, 0.4) is 0 Å². The van der Waals surface area contributed by atoms with Gasteiger partial charge in [0, 0.05) is 38.2 Å². The van der Waals surface area contributed by atoms with Crippen LogP contribution in [0.25, 0.3) is 11.2 Å². The molecule has 2 aromatic heterocycles. The number of anilines is 1. The van der Waals surface area contributed by atoms with Crippen LogP contribution in [0.1, 0.15) is 64.8 Å². The Balaban J connectivity index is 1.42. The summed E-state index contributed by atoms with van der Waals surface area (Å²) in [7, 11) is 1.78. The predicted molar refractivity (Wildman–Crippen MR) is 130 cm³/mol. The van der Waals surface area contributed by atoms with Gasteiger partial charge in [0.15, 0.2) is 11.5 Å². The van der Waals surface area contributed by atoms with Crippen LogP contribution in [0.15, 0.2) is 6.33 Å². The van der Waals surface area contributed by atoms with Gasteiger partial charge in [-0.3, -0.25) is 0 Å². The molecule has 0 radical (unpaired) electrons. The van der Waals surface area contributed by atoms with Crippen LogP contribution >= 0.6 is 0 Å². The highest BCUT2D eigenvalue weighted by molar-refractivity contribution is 5.84. The van der Waals surface area contributed by atoms with Gasteiger partial charge in [-0.15, -0.1) is 0 Å². The Labute approximate surface area is 201 Å². The van der Waals surface area contributed by atoms with Crippen molar-refractivity contribution in [3.8, 4) is 6.01 Å². The van der Waals surface area contributed by atoms with E-state index in [1.807, 2.05) is 6.33 Å². The van der Waals surface area contributed by atoms with Crippen molar-refractivity contribution in [3.05, 3.63) is 6.33 Å². The molecular formula is C25H39FN6O2. The van der Waals surface area contributed by atoms with Gasteiger partial charge >= 0.3 is 6.01 Å². The fourth-order valence-electron chi connectivity index (χ4n) is 5.79. The van der Waals surface area contributed by atoms with Gasteiger partial charge in [-0.25, -0.2) is 9.37 Å². The summed E-state index contributed by atoms with van der Waals surface area (Å²) in [6.07, 6.45) is 8.09. The molecule has 2 aromatic rings. The van der Waals surface area contributed by atoms with Crippen molar-refractivity contribution in [3.63, 3.8) is 0 Å². The molecule has 0 bridgehead atoms. The summed E-state index contributed by atoms with van der Waals surface area (Å²) in [6.45, 7) is 8.03. The van der Waals surface area contributed by atoms with Crippen LogP contribution in [0.5, 0.6) is 6.01 Å². The second kappa shape index (κ2) is 9.93. The van der Waals surface area contributed by atoms with Crippen molar-refractivity contribution in [2.75, 3.05) is 44.8 Å². The fourth-order valence-corrected chi connectivity index (χ4v) is 5.79. The van der Waals surface area contributed by atoms with E-state index >= 15 is 0 Å². The summed E-state index contributed by atoms with van der Waals surface area (Å²) in [5.41, 5.74) is 1.43. The van der Waals surface area contributed by atoms with E-state index in [1.165, 1.54) is 6.42 Å². The normalized spacial score (nSPS) is 32.8. The second-order valence-corrected chi connectivity index (χ2v) is 11.0. The molecule has 188 valence electrons. The molecule has 4 heterocycles. The molecule has 34 heavy (non-hydrogen) atoms. The first kappa shape index (κ1) is 23.7. The van der Waals surface area contributed by atoms with Crippen molar-refractivity contribution in [2.45, 2.75) is 77.1 Å². The molecule has 0 amide bonds. The Bertz CT molecular complexity index is 980. The molecule has 0 spiro atoms. The standard InChI is InChI=1S/C25H39FN6O2/c1-17-6-4-9-31(14-17)23-21-22(28-16-32(21)19-10-20(11-19)33-3)29-24(30-23)34-15-25(2)7-5-8-27-13-18(26)12-25/h16-20,27H,4-15H2,1-3H3/t17?,18-,19?,20?,25-/m1/s1. The van der Waals surface area contributed by atoms with Gasteiger partial charge in [0.1, 0.15) is 11.7 Å². The molecule has 3 fully saturated rings. The van der Waals surface area contributed by atoms with Crippen molar-refractivity contribution in [2.24, 2.45) is 11.3 Å². The molecule has 2 saturated heterocycles. The van der Waals surface area contributed by atoms with Crippen LogP contribution in [-0.2, 0) is 4.74 Å². The summed E-state index contributed by atoms with van der Waals surface area (Å²) < 4.78 is 28.3. The van der Waals surface area contributed by atoms with Crippen LogP contribution in [0, 0.1) is 11.3 Å². The van der Waals surface area contributed by atoms with Gasteiger partial charge in [-0.05, 0) is 57.4 Å². The number of methoxy groups -OCH3 is 1. The third kappa shape index (κ3) is 5.00. The topological polar surface area (TPSA) is 77.3 Å². The van der Waals surface area contributed by atoms with Crippen LogP contribution in [0.4, 0.5) is 10.2 Å². The maximum Gasteiger partial charge on any atom is 0.320 e. The highest BCUT2D eigenvalue weighted by atomic mass is 19.1. The quantitative estimate of drug-likeness (QED) is 0.680. The van der Waals surface area contributed by atoms with E-state index in [1.54, 1.807) is 7.11 Å². The van der Waals surface area contributed by atoms with E-state index in [-0.39, 0.29) is 5.41 Å². The first-order valence-electron chi connectivity index (χ1n) is 12.9. The number of aromatic nitrogens is 4. The molecule has 0 aromatic carbocycles. The number of imidazole rings is 1. The SMILES string of the molecule is COC1CC(n2cnc3nc(OC[C@]4(C)CCCNC[C@H](F)C4)nc(N4CCCC(C)C4)c32)C1. The molecule has 5 rings (SSSR count). The molecule has 3 aliphatic rings. The minimum Gasteiger partial charge on any atom is -0.463 e. The summed E-state index contributed by atoms with van der Waals surface area (Å²) in [6, 6.07) is 0.710. The Hall–Kier alpha value is -2.00. The average molecular weight is 475 g/mol. The van der Waals surface area contributed by atoms with Gasteiger partial charge in [-0.2, -0.15) is 9.97 Å². The minimum absolute atomic E-state index is 0.236. The summed E-state index contributed by atoms with van der Waals surface area (Å²) in [4.78, 5) is 16.7. The molecule has 3 atom stereocenters. The van der Waals surface area contributed by atoms with Gasteiger partial charge in [0.25, 0.3) is 0 Å². The van der Waals surface area contributed by atoms with E-state index in [0.717, 1.165) is 63.1 Å². The van der Waals surface area contributed by atoms with Crippen molar-refractivity contribution in [1.82, 2.24) is 24.8 Å². The van der Waals surface area contributed by atoms with E-state index in [0.29, 0.717) is 49.3 Å². The van der Waals surface area contributed by atoms with Gasteiger partial charge in [0.2, 0.25) is 0 Å². The van der Waals surface area contributed by atoms with Crippen molar-refractivity contribution >= 4 is 17.0 Å². The lowest BCUT2D eigenvalue weighted by Crippen LogP contribution is -2.37. The maximum atomic E-state index is 14.4. The zero-order chi connectivity index (χ0) is 23.7. The van der Waals surface area contributed by atoms with E-state index in [4.69, 9.17) is 19.4 Å². The Morgan fingerprint density at radius 3 is 2.91 bits per heavy atom. The number of rotatable bonds is 6. The number of fused-ring (bicyclic) bond motifs is 1. The third-order valence-corrected chi connectivity index (χ3v) is 7.91. The Morgan fingerprint density at radius 2 is 2.12 bits per heavy atom. The number of alkyl halides is 1. The largest absolute Gasteiger partial charge is 0.463 e. The Kier molecular flexibility index (Phi) is 6.93. The number of ether oxygens (including phenoxy) is 2. The molecule has 1 unspecified atom stereocenters. The number of nitrogens with zero attached hydrogens (tertiary/aromatic N) is 5. The third-order valence-electron chi connectivity index (χ3n) is 7.91. The molecule has 1 saturated carbocycles. The lowest BCUT2D eigenvalue weighted by atomic mass is 9.80. The number of piperidine rings is 1. The highest BCUT2D eigenvalue weighted by Gasteiger charge is 2.34. The average Bonchev–Trinajstić information content (AvgIpc) is 3.19. The predicted octanol–water partition coefficient (Wildman–Crippen LogP) is 3.91. The summed E-state index contributed by atoms with van der Waals surface area (Å²) in [5, 5.41) is 3.18. The number of hydrogen-bond acceptors (Lipinski definition) is 7. The summed E-state index contributed by atoms with van der Waals surface area (Å²) >= 11 is 0. The fraction of sp³-hybridized carbons (Fsp3) is 0.800. The molecule has 1 N–H and O–H groups in total. The first-order valence-corrected chi connectivity index (χ1v) is 12.9. The zero-order valence-electron chi connectivity index (χ0n) is 20.8. The van der Waals surface area contributed by atoms with Gasteiger partial charge in [-0.1, -0.05) is 13.8 Å². The maximum absolute atomic E-state index is 14.4. The van der Waals surface area contributed by atoms with E-state index < -0.39 is 6.17 Å². The van der Waals surface area contributed by atoms with Crippen LogP contribution in [0.2, 0.25) is 0 Å². The first-order chi connectivity index (χ1) is 16.4. The molecule has 8 nitrogen and oxygen atoms in total. The van der Waals surface area contributed by atoms with Gasteiger partial charge in [0.05, 0.1) is 19.0 Å². The number of halogens is 1. The Morgan fingerprint density at radius 1 is 1.26 bits per heavy atom. The number of nitrogens with one attached hydrogen (secondary N) is 1. The molecule has 1 aliphatic carbocycles. The molecule has 2 aliphatic heterocycles. The van der Waals surface area contributed by atoms with Crippen molar-refractivity contribution in [1.29, 1.82) is 0 Å². The minimum atomic E-state index is -0.864. The van der Waals surface area contributed by atoms with Crippen LogP contribution in [-0.4, -0.2) is 71.7 Å². The van der Waals surface area contributed by atoms with Crippen molar-refractivity contribution < 1.29 is 13.9 Å². The van der Waals surface area contributed by atoms with E-state index in [2.05, 4.69) is 33.6 Å². The summed E-state index contributed by atoms with van der Waals surface area (Å²) in [5.74, 6) is 1.53. The smallest absolute Gasteiger partial charge is 0.320 e. The molecular weight excluding hydrogens is 435 g/mol. The second-order valence-electron chi connectivity index (χ2n) is 11.0. The lowest BCUT2D eigenvalue weighted by Gasteiger charge is -2.37. The highest BCUT2D eigenvalue weighted by Crippen LogP contribution is 2.39. The van der Waals surface area contributed by atoms with E-state index in [9.17, 15) is 4.39 Å². The zero-order valence-corrected chi connectivity index (χ0v) is 20.8. The van der Waals surface area contributed by atoms with Gasteiger partial charge < -0.3 is 24.3 Å². The lowest BCUT2D eigenvalue weighted by molar-refractivity contribution is 0.00733. The molecule has 9 heteroatoms. The van der Waals surface area contributed by atoms with Crippen LogP contribution < -0.4 is 15.0 Å². The number of hydrogen-bond donors (Lipinski definition) is 1. The monoisotopic (exact) mass is 474 g/mol.